The molecule has 1 fully saturated rings. The smallest absolute Gasteiger partial charge is 0.222 e. The third-order valence-corrected chi connectivity index (χ3v) is 4.92. The Balaban J connectivity index is 0.00000420. The molecule has 164 valence electrons. The summed E-state index contributed by atoms with van der Waals surface area (Å²) in [6.45, 7) is 8.44. The molecule has 1 heterocycles. The second-order valence-electron chi connectivity index (χ2n) is 7.31. The highest BCUT2D eigenvalue weighted by molar-refractivity contribution is 14.0. The van der Waals surface area contributed by atoms with Gasteiger partial charge in [-0.1, -0.05) is 43.2 Å². The molecule has 0 atom stereocenters. The van der Waals surface area contributed by atoms with E-state index in [0.717, 1.165) is 37.6 Å². The molecule has 0 saturated carbocycles. The van der Waals surface area contributed by atoms with Gasteiger partial charge in [-0.15, -0.1) is 24.0 Å². The highest BCUT2D eigenvalue weighted by atomic mass is 127. The summed E-state index contributed by atoms with van der Waals surface area (Å²) in [7, 11) is 0. The van der Waals surface area contributed by atoms with Gasteiger partial charge in [0, 0.05) is 32.6 Å². The lowest BCUT2D eigenvalue weighted by molar-refractivity contribution is -0.121. The molecule has 1 aromatic carbocycles. The molecule has 1 amide bonds. The van der Waals surface area contributed by atoms with Crippen LogP contribution < -0.4 is 16.0 Å². The van der Waals surface area contributed by atoms with Crippen LogP contribution in [-0.2, 0) is 11.3 Å². The van der Waals surface area contributed by atoms with Crippen LogP contribution in [0.25, 0.3) is 0 Å². The zero-order valence-electron chi connectivity index (χ0n) is 17.8. The predicted molar refractivity (Wildman–Crippen MR) is 132 cm³/mol. The van der Waals surface area contributed by atoms with Gasteiger partial charge in [-0.05, 0) is 51.4 Å². The monoisotopic (exact) mass is 515 g/mol. The Morgan fingerprint density at radius 1 is 1.03 bits per heavy atom. The van der Waals surface area contributed by atoms with Crippen LogP contribution in [0.5, 0.6) is 0 Å². The topological polar surface area (TPSA) is 68.8 Å². The molecule has 1 aliphatic heterocycles. The summed E-state index contributed by atoms with van der Waals surface area (Å²) in [5.41, 5.74) is 1.11. The number of guanidine groups is 1. The highest BCUT2D eigenvalue weighted by Crippen LogP contribution is 2.09. The zero-order chi connectivity index (χ0) is 19.9. The van der Waals surface area contributed by atoms with Gasteiger partial charge in [0.1, 0.15) is 0 Å². The summed E-state index contributed by atoms with van der Waals surface area (Å²) >= 11 is 0. The second kappa shape index (κ2) is 16.4. The van der Waals surface area contributed by atoms with Gasteiger partial charge < -0.3 is 20.9 Å². The lowest BCUT2D eigenvalue weighted by Crippen LogP contribution is -2.39. The van der Waals surface area contributed by atoms with Gasteiger partial charge in [-0.3, -0.25) is 9.79 Å². The number of amides is 1. The summed E-state index contributed by atoms with van der Waals surface area (Å²) in [4.78, 5) is 19.2. The third-order valence-electron chi connectivity index (χ3n) is 4.92. The maximum absolute atomic E-state index is 12.0. The van der Waals surface area contributed by atoms with Crippen molar-refractivity contribution in [3.63, 3.8) is 0 Å². The van der Waals surface area contributed by atoms with Crippen LogP contribution in [-0.4, -0.2) is 56.0 Å². The molecule has 0 aliphatic carbocycles. The summed E-state index contributed by atoms with van der Waals surface area (Å²) < 4.78 is 0. The number of aliphatic imine (C=N–C) groups is 1. The Hall–Kier alpha value is -1.35. The fraction of sp³-hybridized carbons (Fsp3) is 0.636. The first kappa shape index (κ1) is 25.7. The summed E-state index contributed by atoms with van der Waals surface area (Å²) in [6, 6.07) is 9.97. The second-order valence-corrected chi connectivity index (χ2v) is 7.31. The number of carbonyl (C=O) groups is 1. The number of nitrogens with zero attached hydrogens (tertiary/aromatic N) is 2. The number of hydrogen-bond acceptors (Lipinski definition) is 3. The molecule has 6 nitrogen and oxygen atoms in total. The van der Waals surface area contributed by atoms with Crippen molar-refractivity contribution >= 4 is 35.8 Å². The number of halogens is 1. The van der Waals surface area contributed by atoms with Gasteiger partial charge in [-0.2, -0.15) is 0 Å². The van der Waals surface area contributed by atoms with E-state index in [2.05, 4.69) is 32.8 Å². The first-order valence-electron chi connectivity index (χ1n) is 10.8. The van der Waals surface area contributed by atoms with E-state index in [1.165, 1.54) is 38.8 Å². The number of likely N-dealkylation sites (tertiary alicyclic amines) is 1. The fourth-order valence-electron chi connectivity index (χ4n) is 3.37. The van der Waals surface area contributed by atoms with Crippen LogP contribution in [0.4, 0.5) is 0 Å². The molecular formula is C22H38IN5O. The maximum atomic E-state index is 12.0. The van der Waals surface area contributed by atoms with Gasteiger partial charge in [0.05, 0.1) is 0 Å². The summed E-state index contributed by atoms with van der Waals surface area (Å²) in [6.07, 6.45) is 6.93. The van der Waals surface area contributed by atoms with Crippen molar-refractivity contribution in [1.29, 1.82) is 0 Å². The first-order chi connectivity index (χ1) is 13.8. The minimum Gasteiger partial charge on any atom is -0.357 e. The van der Waals surface area contributed by atoms with Crippen molar-refractivity contribution in [2.75, 3.05) is 39.3 Å². The zero-order valence-corrected chi connectivity index (χ0v) is 20.1. The lowest BCUT2D eigenvalue weighted by atomic mass is 10.2. The largest absolute Gasteiger partial charge is 0.357 e. The fourth-order valence-corrected chi connectivity index (χ4v) is 3.37. The maximum Gasteiger partial charge on any atom is 0.222 e. The van der Waals surface area contributed by atoms with Crippen LogP contribution in [0.2, 0.25) is 0 Å². The summed E-state index contributed by atoms with van der Waals surface area (Å²) in [5, 5.41) is 9.47. The van der Waals surface area contributed by atoms with E-state index in [4.69, 9.17) is 0 Å². The number of hydrogen-bond donors (Lipinski definition) is 3. The van der Waals surface area contributed by atoms with Crippen molar-refractivity contribution in [1.82, 2.24) is 20.9 Å². The van der Waals surface area contributed by atoms with Crippen LogP contribution >= 0.6 is 24.0 Å². The number of nitrogens with one attached hydrogen (secondary N) is 3. The van der Waals surface area contributed by atoms with Crippen LogP contribution in [0.3, 0.4) is 0 Å². The molecular weight excluding hydrogens is 477 g/mol. The molecule has 2 rings (SSSR count). The van der Waals surface area contributed by atoms with Crippen LogP contribution in [0, 0.1) is 0 Å². The van der Waals surface area contributed by atoms with Crippen molar-refractivity contribution < 1.29 is 4.79 Å². The Morgan fingerprint density at radius 2 is 1.76 bits per heavy atom. The van der Waals surface area contributed by atoms with Crippen molar-refractivity contribution in [2.45, 2.75) is 52.0 Å². The Bertz CT molecular complexity index is 574. The van der Waals surface area contributed by atoms with Crippen LogP contribution in [0.1, 0.15) is 51.0 Å². The van der Waals surface area contributed by atoms with E-state index in [9.17, 15) is 4.79 Å². The van der Waals surface area contributed by atoms with Gasteiger partial charge in [0.25, 0.3) is 0 Å². The van der Waals surface area contributed by atoms with E-state index in [-0.39, 0.29) is 29.9 Å². The first-order valence-corrected chi connectivity index (χ1v) is 10.8. The molecule has 0 spiro atoms. The van der Waals surface area contributed by atoms with E-state index >= 15 is 0 Å². The normalized spacial score (nSPS) is 15.1. The highest BCUT2D eigenvalue weighted by Gasteiger charge is 2.08. The average Bonchev–Trinajstić information content (AvgIpc) is 2.99. The van der Waals surface area contributed by atoms with E-state index < -0.39 is 0 Å². The predicted octanol–water partition coefficient (Wildman–Crippen LogP) is 3.13. The lowest BCUT2D eigenvalue weighted by Gasteiger charge is -2.19. The van der Waals surface area contributed by atoms with E-state index in [1.54, 1.807) is 0 Å². The molecule has 3 N–H and O–H groups in total. The Kier molecular flexibility index (Phi) is 14.6. The third kappa shape index (κ3) is 12.1. The number of rotatable bonds is 10. The van der Waals surface area contributed by atoms with Gasteiger partial charge in [0.15, 0.2) is 5.96 Å². The minimum absolute atomic E-state index is 0. The molecule has 1 aliphatic rings. The van der Waals surface area contributed by atoms with Gasteiger partial charge in [0.2, 0.25) is 5.91 Å². The molecule has 0 aromatic heterocycles. The van der Waals surface area contributed by atoms with E-state index in [0.29, 0.717) is 19.5 Å². The van der Waals surface area contributed by atoms with Crippen molar-refractivity contribution in [2.24, 2.45) is 4.99 Å². The molecule has 7 heteroatoms. The van der Waals surface area contributed by atoms with Crippen molar-refractivity contribution in [3.8, 4) is 0 Å². The van der Waals surface area contributed by atoms with Crippen LogP contribution in [0.15, 0.2) is 35.3 Å². The molecule has 0 radical (unpaired) electrons. The van der Waals surface area contributed by atoms with Crippen molar-refractivity contribution in [3.05, 3.63) is 35.9 Å². The molecule has 0 unspecified atom stereocenters. The molecule has 0 bridgehead atoms. The average molecular weight is 515 g/mol. The quantitative estimate of drug-likeness (QED) is 0.194. The van der Waals surface area contributed by atoms with Gasteiger partial charge in [-0.25, -0.2) is 0 Å². The Labute approximate surface area is 193 Å². The molecule has 1 aromatic rings. The standard InChI is InChI=1S/C22H37N5O.HI/c1-2-23-22(24-14-10-18-27-16-8-3-4-9-17-27)25-15-13-21(28)26-19-20-11-6-5-7-12-20;/h5-7,11-12H,2-4,8-10,13-19H2,1H3,(H,26,28)(H2,23,24,25);1H. The number of benzene rings is 1. The molecule has 29 heavy (non-hydrogen) atoms. The van der Waals surface area contributed by atoms with E-state index in [1.807, 2.05) is 30.3 Å². The minimum atomic E-state index is 0. The van der Waals surface area contributed by atoms with Gasteiger partial charge >= 0.3 is 0 Å². The summed E-state index contributed by atoms with van der Waals surface area (Å²) in [5.74, 6) is 0.850. The Morgan fingerprint density at radius 3 is 2.45 bits per heavy atom. The molecule has 1 saturated heterocycles. The number of carbonyl (C=O) groups excluding carboxylic acids is 1. The SMILES string of the molecule is CCNC(=NCCCN1CCCCCC1)NCCC(=O)NCc1ccccc1.I.